The van der Waals surface area contributed by atoms with E-state index in [2.05, 4.69) is 6.58 Å². The number of benzene rings is 1. The molecule has 1 aliphatic rings. The van der Waals surface area contributed by atoms with Crippen LogP contribution >= 0.6 is 0 Å². The molecule has 0 aromatic heterocycles. The number of hydrogen-bond acceptors (Lipinski definition) is 3. The molecule has 0 saturated carbocycles. The number of anilines is 1. The molecular formula is C15H17NO3. The van der Waals surface area contributed by atoms with Gasteiger partial charge in [-0.2, -0.15) is 0 Å². The Balaban J connectivity index is 2.23. The van der Waals surface area contributed by atoms with Crippen molar-refractivity contribution in [3.05, 3.63) is 42.6 Å². The number of amides is 1. The van der Waals surface area contributed by atoms with Crippen LogP contribution in [0, 0.1) is 0 Å². The quantitative estimate of drug-likeness (QED) is 0.833. The van der Waals surface area contributed by atoms with Crippen molar-refractivity contribution in [3.63, 3.8) is 0 Å². The summed E-state index contributed by atoms with van der Waals surface area (Å²) in [6, 6.07) is 9.22. The third-order valence-electron chi connectivity index (χ3n) is 3.34. The number of Topliss-reactive ketones (excluding diaryl/α,β-unsaturated/α-hetero) is 1. The van der Waals surface area contributed by atoms with Gasteiger partial charge in [0.2, 0.25) is 0 Å². The summed E-state index contributed by atoms with van der Waals surface area (Å²) < 4.78 is 5.41. The Kier molecular flexibility index (Phi) is 3.42. The number of para-hydroxylation sites is 1. The molecule has 1 fully saturated rings. The van der Waals surface area contributed by atoms with Crippen molar-refractivity contribution in [3.8, 4) is 0 Å². The van der Waals surface area contributed by atoms with Crippen LogP contribution in [0.5, 0.6) is 0 Å². The molecule has 1 aliphatic heterocycles. The second kappa shape index (κ2) is 4.88. The molecule has 0 spiro atoms. The first-order valence-electron chi connectivity index (χ1n) is 6.21. The Morgan fingerprint density at radius 3 is 2.58 bits per heavy atom. The van der Waals surface area contributed by atoms with E-state index >= 15 is 0 Å². The van der Waals surface area contributed by atoms with Gasteiger partial charge in [0.25, 0.3) is 0 Å². The maximum absolute atomic E-state index is 12.0. The summed E-state index contributed by atoms with van der Waals surface area (Å²) in [7, 11) is 0. The highest BCUT2D eigenvalue weighted by Gasteiger charge is 2.45. The second-order valence-electron chi connectivity index (χ2n) is 4.92. The van der Waals surface area contributed by atoms with Gasteiger partial charge in [0.1, 0.15) is 5.78 Å². The molecule has 0 radical (unpaired) electrons. The van der Waals surface area contributed by atoms with E-state index in [1.54, 1.807) is 6.92 Å². The third kappa shape index (κ3) is 2.52. The van der Waals surface area contributed by atoms with Gasteiger partial charge in [-0.3, -0.25) is 0 Å². The lowest BCUT2D eigenvalue weighted by Gasteiger charge is -2.23. The molecule has 0 aliphatic carbocycles. The average Bonchev–Trinajstić information content (AvgIpc) is 2.59. The van der Waals surface area contributed by atoms with Gasteiger partial charge in [0, 0.05) is 6.42 Å². The van der Waals surface area contributed by atoms with Gasteiger partial charge in [0.05, 0.1) is 11.4 Å². The van der Waals surface area contributed by atoms with E-state index in [0.29, 0.717) is 18.5 Å². The molecule has 4 heteroatoms. The van der Waals surface area contributed by atoms with E-state index in [9.17, 15) is 9.59 Å². The molecule has 1 aromatic rings. The van der Waals surface area contributed by atoms with Crippen LogP contribution in [-0.4, -0.2) is 17.5 Å². The Labute approximate surface area is 112 Å². The molecule has 1 saturated heterocycles. The van der Waals surface area contributed by atoms with Crippen LogP contribution in [0.15, 0.2) is 42.6 Å². The van der Waals surface area contributed by atoms with Crippen LogP contribution in [0.3, 0.4) is 0 Å². The number of ketones is 1. The second-order valence-corrected chi connectivity index (χ2v) is 4.92. The molecule has 19 heavy (non-hydrogen) atoms. The molecule has 1 aromatic carbocycles. The molecule has 2 rings (SSSR count). The Morgan fingerprint density at radius 1 is 1.37 bits per heavy atom. The summed E-state index contributed by atoms with van der Waals surface area (Å²) in [6.07, 6.45) is 0.379. The van der Waals surface area contributed by atoms with Gasteiger partial charge in [-0.15, -0.1) is 0 Å². The Hall–Kier alpha value is -2.10. The van der Waals surface area contributed by atoms with Crippen molar-refractivity contribution in [1.29, 1.82) is 0 Å². The predicted molar refractivity (Wildman–Crippen MR) is 72.9 cm³/mol. The molecule has 1 amide bonds. The van der Waals surface area contributed by atoms with Gasteiger partial charge in [-0.25, -0.2) is 9.69 Å². The predicted octanol–water partition coefficient (Wildman–Crippen LogP) is 3.28. The smallest absolute Gasteiger partial charge is 0.419 e. The van der Waals surface area contributed by atoms with Crippen molar-refractivity contribution in [1.82, 2.24) is 0 Å². The van der Waals surface area contributed by atoms with E-state index in [0.717, 1.165) is 5.69 Å². The number of carbonyl (C=O) groups is 2. The van der Waals surface area contributed by atoms with Crippen molar-refractivity contribution >= 4 is 17.6 Å². The van der Waals surface area contributed by atoms with Crippen LogP contribution in [-0.2, 0) is 9.53 Å². The molecule has 1 heterocycles. The normalized spacial score (nSPS) is 22.5. The standard InChI is InChI=1S/C15H17NO3/c1-11(17)9-10-15(3)12(2)16(14(18)19-15)13-7-5-4-6-8-13/h4-8H,2,9-10H2,1,3H3. The lowest BCUT2D eigenvalue weighted by atomic mass is 9.95. The Bertz CT molecular complexity index is 523. The zero-order valence-electron chi connectivity index (χ0n) is 11.2. The first-order chi connectivity index (χ1) is 8.94. The zero-order chi connectivity index (χ0) is 14.0. The highest BCUT2D eigenvalue weighted by Crippen LogP contribution is 2.38. The monoisotopic (exact) mass is 259 g/mol. The fourth-order valence-electron chi connectivity index (χ4n) is 2.09. The summed E-state index contributed by atoms with van der Waals surface area (Å²) >= 11 is 0. The highest BCUT2D eigenvalue weighted by molar-refractivity contribution is 5.95. The van der Waals surface area contributed by atoms with Gasteiger partial charge in [0.15, 0.2) is 5.60 Å². The topological polar surface area (TPSA) is 46.6 Å². The Morgan fingerprint density at radius 2 is 2.00 bits per heavy atom. The minimum absolute atomic E-state index is 0.0724. The van der Waals surface area contributed by atoms with Gasteiger partial charge in [-0.1, -0.05) is 24.8 Å². The lowest BCUT2D eigenvalue weighted by Crippen LogP contribution is -2.28. The first-order valence-corrected chi connectivity index (χ1v) is 6.21. The fourth-order valence-corrected chi connectivity index (χ4v) is 2.09. The van der Waals surface area contributed by atoms with Crippen LogP contribution in [0.1, 0.15) is 26.7 Å². The maximum Gasteiger partial charge on any atom is 0.419 e. The third-order valence-corrected chi connectivity index (χ3v) is 3.34. The number of carbonyl (C=O) groups excluding carboxylic acids is 2. The van der Waals surface area contributed by atoms with Crippen molar-refractivity contribution in [2.45, 2.75) is 32.3 Å². The van der Waals surface area contributed by atoms with E-state index in [-0.39, 0.29) is 5.78 Å². The van der Waals surface area contributed by atoms with Crippen LogP contribution < -0.4 is 4.90 Å². The molecule has 4 nitrogen and oxygen atoms in total. The number of nitrogens with zero attached hydrogens (tertiary/aromatic N) is 1. The van der Waals surface area contributed by atoms with E-state index < -0.39 is 11.7 Å². The molecular weight excluding hydrogens is 242 g/mol. The molecule has 0 N–H and O–H groups in total. The van der Waals surface area contributed by atoms with Crippen molar-refractivity contribution in [2.24, 2.45) is 0 Å². The number of cyclic esters (lactones) is 1. The maximum atomic E-state index is 12.0. The largest absolute Gasteiger partial charge is 0.436 e. The number of rotatable bonds is 4. The molecule has 0 bridgehead atoms. The van der Waals surface area contributed by atoms with Crippen molar-refractivity contribution in [2.75, 3.05) is 4.90 Å². The summed E-state index contributed by atoms with van der Waals surface area (Å²) in [5, 5.41) is 0. The van der Waals surface area contributed by atoms with E-state index in [1.807, 2.05) is 30.3 Å². The van der Waals surface area contributed by atoms with E-state index in [1.165, 1.54) is 11.8 Å². The number of hydrogen-bond donors (Lipinski definition) is 0. The summed E-state index contributed by atoms with van der Waals surface area (Å²) in [5.74, 6) is 0.0724. The minimum Gasteiger partial charge on any atom is -0.436 e. The SMILES string of the molecule is C=C1N(c2ccccc2)C(=O)OC1(C)CCC(C)=O. The molecule has 100 valence electrons. The van der Waals surface area contributed by atoms with Gasteiger partial charge >= 0.3 is 6.09 Å². The summed E-state index contributed by atoms with van der Waals surface area (Å²) in [4.78, 5) is 24.6. The van der Waals surface area contributed by atoms with Crippen molar-refractivity contribution < 1.29 is 14.3 Å². The van der Waals surface area contributed by atoms with Gasteiger partial charge < -0.3 is 9.53 Å². The summed E-state index contributed by atoms with van der Waals surface area (Å²) in [5.41, 5.74) is 0.493. The molecule has 1 atom stereocenters. The molecule has 1 unspecified atom stereocenters. The average molecular weight is 259 g/mol. The van der Waals surface area contributed by atoms with Gasteiger partial charge in [-0.05, 0) is 32.4 Å². The van der Waals surface area contributed by atoms with Crippen LogP contribution in [0.2, 0.25) is 0 Å². The first kappa shape index (κ1) is 13.3. The fraction of sp³-hybridized carbons (Fsp3) is 0.333. The summed E-state index contributed by atoms with van der Waals surface area (Å²) in [6.45, 7) is 7.28. The van der Waals surface area contributed by atoms with Crippen LogP contribution in [0.4, 0.5) is 10.5 Å². The zero-order valence-corrected chi connectivity index (χ0v) is 11.2. The van der Waals surface area contributed by atoms with Crippen LogP contribution in [0.25, 0.3) is 0 Å². The minimum atomic E-state index is -0.807. The van der Waals surface area contributed by atoms with E-state index in [4.69, 9.17) is 4.74 Å². The highest BCUT2D eigenvalue weighted by atomic mass is 16.6. The number of ether oxygens (including phenoxy) is 1. The lowest BCUT2D eigenvalue weighted by molar-refractivity contribution is -0.117.